The number of halogens is 1. The van der Waals surface area contributed by atoms with Crippen molar-refractivity contribution >= 4 is 27.3 Å². The molecule has 1 aromatic rings. The molecule has 0 amide bonds. The molecule has 2 rings (SSSR count). The molecule has 0 saturated carbocycles. The summed E-state index contributed by atoms with van der Waals surface area (Å²) in [7, 11) is 0. The zero-order valence-electron chi connectivity index (χ0n) is 11.3. The Morgan fingerprint density at radius 2 is 2.11 bits per heavy atom. The molecule has 1 aliphatic heterocycles. The first-order valence-electron chi connectivity index (χ1n) is 6.84. The van der Waals surface area contributed by atoms with Crippen molar-refractivity contribution in [3.63, 3.8) is 0 Å². The monoisotopic (exact) mass is 330 g/mol. The smallest absolute Gasteiger partial charge is 0.0701 e. The van der Waals surface area contributed by atoms with Crippen LogP contribution in [0, 0.1) is 5.92 Å². The highest BCUT2D eigenvalue weighted by Crippen LogP contribution is 2.25. The van der Waals surface area contributed by atoms with E-state index in [-0.39, 0.29) is 0 Å². The van der Waals surface area contributed by atoms with Gasteiger partial charge in [0, 0.05) is 24.0 Å². The lowest BCUT2D eigenvalue weighted by Crippen LogP contribution is -2.38. The second-order valence-electron chi connectivity index (χ2n) is 5.42. The topological polar surface area (TPSA) is 15.3 Å². The first kappa shape index (κ1) is 14.5. The summed E-state index contributed by atoms with van der Waals surface area (Å²) in [5.74, 6) is 0.872. The first-order valence-corrected chi connectivity index (χ1v) is 8.45. The van der Waals surface area contributed by atoms with Gasteiger partial charge in [-0.05, 0) is 73.8 Å². The van der Waals surface area contributed by atoms with Crippen LogP contribution in [0.1, 0.15) is 31.6 Å². The van der Waals surface area contributed by atoms with E-state index < -0.39 is 0 Å². The van der Waals surface area contributed by atoms with E-state index in [9.17, 15) is 0 Å². The third-order valence-electron chi connectivity index (χ3n) is 3.67. The minimum atomic E-state index is 0.626. The summed E-state index contributed by atoms with van der Waals surface area (Å²) in [6.07, 6.45) is 2.66. The van der Waals surface area contributed by atoms with Crippen LogP contribution >= 0.6 is 27.3 Å². The van der Waals surface area contributed by atoms with Crippen LogP contribution in [0.5, 0.6) is 0 Å². The Bertz CT molecular complexity index is 358. The van der Waals surface area contributed by atoms with E-state index in [1.54, 1.807) is 0 Å². The molecule has 1 N–H and O–H groups in total. The van der Waals surface area contributed by atoms with Crippen molar-refractivity contribution in [2.24, 2.45) is 5.92 Å². The van der Waals surface area contributed by atoms with Crippen molar-refractivity contribution in [3.8, 4) is 0 Å². The average Bonchev–Trinajstić information content (AvgIpc) is 2.75. The Morgan fingerprint density at radius 1 is 1.39 bits per heavy atom. The van der Waals surface area contributed by atoms with Crippen LogP contribution in [0.15, 0.2) is 15.9 Å². The molecule has 18 heavy (non-hydrogen) atoms. The average molecular weight is 331 g/mol. The minimum Gasteiger partial charge on any atom is -0.317 e. The van der Waals surface area contributed by atoms with Crippen molar-refractivity contribution in [1.29, 1.82) is 0 Å². The summed E-state index contributed by atoms with van der Waals surface area (Å²) in [6.45, 7) is 9.35. The third kappa shape index (κ3) is 4.34. The van der Waals surface area contributed by atoms with Crippen molar-refractivity contribution in [2.45, 2.75) is 39.3 Å². The Morgan fingerprint density at radius 3 is 2.67 bits per heavy atom. The van der Waals surface area contributed by atoms with Gasteiger partial charge in [0.1, 0.15) is 0 Å². The maximum Gasteiger partial charge on any atom is 0.0701 e. The summed E-state index contributed by atoms with van der Waals surface area (Å²) in [5.41, 5.74) is 0. The van der Waals surface area contributed by atoms with E-state index in [1.165, 1.54) is 41.1 Å². The molecule has 0 atom stereocenters. The van der Waals surface area contributed by atoms with Gasteiger partial charge in [0.25, 0.3) is 0 Å². The predicted molar refractivity (Wildman–Crippen MR) is 83.2 cm³/mol. The molecule has 102 valence electrons. The SMILES string of the molecule is CC(C)N(Cc1ccc(Br)s1)CC1CCNCC1. The van der Waals surface area contributed by atoms with Crippen molar-refractivity contribution in [3.05, 3.63) is 20.8 Å². The number of hydrogen-bond donors (Lipinski definition) is 1. The third-order valence-corrected chi connectivity index (χ3v) is 5.28. The number of rotatable bonds is 5. The zero-order chi connectivity index (χ0) is 13.0. The molecule has 0 bridgehead atoms. The normalized spacial score (nSPS) is 17.8. The Labute approximate surface area is 123 Å². The highest BCUT2D eigenvalue weighted by atomic mass is 79.9. The lowest BCUT2D eigenvalue weighted by atomic mass is 9.97. The minimum absolute atomic E-state index is 0.626. The van der Waals surface area contributed by atoms with Crippen LogP contribution in [0.25, 0.3) is 0 Å². The fourth-order valence-electron chi connectivity index (χ4n) is 2.49. The molecule has 4 heteroatoms. The quantitative estimate of drug-likeness (QED) is 0.885. The Balaban J connectivity index is 1.90. The van der Waals surface area contributed by atoms with Crippen LogP contribution in [0.2, 0.25) is 0 Å². The molecule has 1 aliphatic rings. The van der Waals surface area contributed by atoms with Crippen LogP contribution in [0.3, 0.4) is 0 Å². The van der Waals surface area contributed by atoms with Crippen molar-refractivity contribution in [1.82, 2.24) is 10.2 Å². The van der Waals surface area contributed by atoms with Crippen LogP contribution in [-0.4, -0.2) is 30.6 Å². The molecule has 2 heterocycles. The maximum atomic E-state index is 3.55. The molecule has 1 saturated heterocycles. The van der Waals surface area contributed by atoms with Crippen LogP contribution in [0.4, 0.5) is 0 Å². The molecule has 0 aliphatic carbocycles. The lowest BCUT2D eigenvalue weighted by molar-refractivity contribution is 0.163. The molecular formula is C14H23BrN2S. The summed E-state index contributed by atoms with van der Waals surface area (Å²) in [4.78, 5) is 4.08. The summed E-state index contributed by atoms with van der Waals surface area (Å²) < 4.78 is 1.24. The van der Waals surface area contributed by atoms with Gasteiger partial charge in [-0.15, -0.1) is 11.3 Å². The van der Waals surface area contributed by atoms with Gasteiger partial charge in [-0.1, -0.05) is 0 Å². The Kier molecular flexibility index (Phi) is 5.67. The van der Waals surface area contributed by atoms with E-state index in [0.717, 1.165) is 12.5 Å². The number of nitrogens with zero attached hydrogens (tertiary/aromatic N) is 1. The fourth-order valence-corrected chi connectivity index (χ4v) is 4.00. The molecule has 0 spiro atoms. The van der Waals surface area contributed by atoms with Gasteiger partial charge in [-0.3, -0.25) is 4.90 Å². The van der Waals surface area contributed by atoms with Gasteiger partial charge in [0.15, 0.2) is 0 Å². The van der Waals surface area contributed by atoms with Crippen molar-refractivity contribution < 1.29 is 0 Å². The van der Waals surface area contributed by atoms with Gasteiger partial charge >= 0.3 is 0 Å². The first-order chi connectivity index (χ1) is 8.65. The van der Waals surface area contributed by atoms with E-state index in [0.29, 0.717) is 6.04 Å². The highest BCUT2D eigenvalue weighted by Gasteiger charge is 2.19. The molecule has 1 aromatic heterocycles. The molecular weight excluding hydrogens is 308 g/mol. The number of thiophene rings is 1. The van der Waals surface area contributed by atoms with Gasteiger partial charge in [0.2, 0.25) is 0 Å². The Hall–Kier alpha value is 0.1000. The summed E-state index contributed by atoms with van der Waals surface area (Å²) in [6, 6.07) is 5.02. The molecule has 2 nitrogen and oxygen atoms in total. The number of nitrogens with one attached hydrogen (secondary N) is 1. The second kappa shape index (κ2) is 7.04. The van der Waals surface area contributed by atoms with E-state index in [1.807, 2.05) is 11.3 Å². The second-order valence-corrected chi connectivity index (χ2v) is 7.97. The van der Waals surface area contributed by atoms with Gasteiger partial charge in [0.05, 0.1) is 3.79 Å². The van der Waals surface area contributed by atoms with Gasteiger partial charge in [-0.25, -0.2) is 0 Å². The molecule has 0 unspecified atom stereocenters. The molecule has 0 radical (unpaired) electrons. The van der Waals surface area contributed by atoms with Crippen LogP contribution < -0.4 is 5.32 Å². The zero-order valence-corrected chi connectivity index (χ0v) is 13.7. The lowest BCUT2D eigenvalue weighted by Gasteiger charge is -2.32. The predicted octanol–water partition coefficient (Wildman–Crippen LogP) is 3.72. The molecule has 1 fully saturated rings. The standard InChI is InChI=1S/C14H23BrN2S/c1-11(2)17(9-12-5-7-16-8-6-12)10-13-3-4-14(15)18-13/h3-4,11-12,16H,5-10H2,1-2H3. The number of hydrogen-bond acceptors (Lipinski definition) is 3. The number of piperidine rings is 1. The van der Waals surface area contributed by atoms with E-state index in [2.05, 4.69) is 52.1 Å². The summed E-state index contributed by atoms with van der Waals surface area (Å²) >= 11 is 5.41. The maximum absolute atomic E-state index is 3.55. The van der Waals surface area contributed by atoms with Gasteiger partial charge < -0.3 is 5.32 Å². The van der Waals surface area contributed by atoms with E-state index in [4.69, 9.17) is 0 Å². The van der Waals surface area contributed by atoms with Crippen LogP contribution in [-0.2, 0) is 6.54 Å². The van der Waals surface area contributed by atoms with Gasteiger partial charge in [-0.2, -0.15) is 0 Å². The highest BCUT2D eigenvalue weighted by molar-refractivity contribution is 9.11. The largest absolute Gasteiger partial charge is 0.317 e. The molecule has 0 aromatic carbocycles. The van der Waals surface area contributed by atoms with E-state index >= 15 is 0 Å². The van der Waals surface area contributed by atoms with Crippen molar-refractivity contribution in [2.75, 3.05) is 19.6 Å². The summed E-state index contributed by atoms with van der Waals surface area (Å²) in [5, 5.41) is 3.45. The fraction of sp³-hybridized carbons (Fsp3) is 0.714.